The maximum absolute atomic E-state index is 12.2. The van der Waals surface area contributed by atoms with Crippen LogP contribution in [0.5, 0.6) is 0 Å². The molecule has 1 N–H and O–H groups in total. The van der Waals surface area contributed by atoms with E-state index in [9.17, 15) is 4.79 Å². The highest BCUT2D eigenvalue weighted by Crippen LogP contribution is 2.30. The van der Waals surface area contributed by atoms with Gasteiger partial charge in [0.05, 0.1) is 4.88 Å². The van der Waals surface area contributed by atoms with E-state index in [4.69, 9.17) is 4.52 Å². The molecule has 3 rings (SSSR count). The van der Waals surface area contributed by atoms with Crippen molar-refractivity contribution in [3.05, 3.63) is 23.4 Å². The highest BCUT2D eigenvalue weighted by molar-refractivity contribution is 7.13. The Hall–Kier alpha value is -1.69. The molecule has 5 nitrogen and oxygen atoms in total. The van der Waals surface area contributed by atoms with E-state index in [1.54, 1.807) is 11.3 Å². The molecule has 2 unspecified atom stereocenters. The lowest BCUT2D eigenvalue weighted by Gasteiger charge is -2.20. The van der Waals surface area contributed by atoms with Crippen molar-refractivity contribution in [3.8, 4) is 10.7 Å². The topological polar surface area (TPSA) is 68.0 Å². The van der Waals surface area contributed by atoms with Gasteiger partial charge < -0.3 is 9.84 Å². The van der Waals surface area contributed by atoms with Gasteiger partial charge >= 0.3 is 0 Å². The molecule has 2 heterocycles. The smallest absolute Gasteiger partial charge is 0.226 e. The number of amides is 1. The average Bonchev–Trinajstić information content (AvgIpc) is 3.34. The Morgan fingerprint density at radius 2 is 2.32 bits per heavy atom. The Bertz CT molecular complexity index is 653. The summed E-state index contributed by atoms with van der Waals surface area (Å²) in [5, 5.41) is 9.24. The summed E-state index contributed by atoms with van der Waals surface area (Å²) in [7, 11) is 0. The molecule has 1 amide bonds. The number of rotatable bonds is 9. The maximum Gasteiger partial charge on any atom is 0.226 e. The van der Waals surface area contributed by atoms with Gasteiger partial charge in [0.25, 0.3) is 0 Å². The number of carbonyl (C=O) groups is 1. The van der Waals surface area contributed by atoms with Gasteiger partial charge in [-0.15, -0.1) is 11.3 Å². The maximum atomic E-state index is 12.2. The van der Waals surface area contributed by atoms with Gasteiger partial charge in [0.15, 0.2) is 0 Å². The lowest BCUT2D eigenvalue weighted by molar-refractivity contribution is -0.122. The number of aromatic nitrogens is 2. The molecular formula is C19H27N3O2S. The van der Waals surface area contributed by atoms with Crippen LogP contribution in [0, 0.1) is 5.92 Å². The van der Waals surface area contributed by atoms with Gasteiger partial charge in [0, 0.05) is 18.9 Å². The fourth-order valence-electron chi connectivity index (χ4n) is 3.58. The Morgan fingerprint density at radius 1 is 1.40 bits per heavy atom. The van der Waals surface area contributed by atoms with Gasteiger partial charge in [-0.3, -0.25) is 4.79 Å². The van der Waals surface area contributed by atoms with Crippen LogP contribution in [0.25, 0.3) is 10.7 Å². The van der Waals surface area contributed by atoms with Crippen molar-refractivity contribution in [1.82, 2.24) is 15.5 Å². The molecule has 6 heteroatoms. The summed E-state index contributed by atoms with van der Waals surface area (Å²) in [6.45, 7) is 2.23. The molecule has 0 aliphatic heterocycles. The molecule has 25 heavy (non-hydrogen) atoms. The predicted octanol–water partition coefficient (Wildman–Crippen LogP) is 4.60. The van der Waals surface area contributed by atoms with Crippen LogP contribution in [-0.4, -0.2) is 22.1 Å². The Kier molecular flexibility index (Phi) is 6.62. The number of hydrogen-bond acceptors (Lipinski definition) is 5. The van der Waals surface area contributed by atoms with Crippen LogP contribution in [0.15, 0.2) is 22.0 Å². The number of nitrogens with one attached hydrogen (secondary N) is 1. The third-order valence-corrected chi connectivity index (χ3v) is 5.80. The van der Waals surface area contributed by atoms with Crippen LogP contribution < -0.4 is 5.32 Å². The van der Waals surface area contributed by atoms with Gasteiger partial charge in [-0.05, 0) is 43.0 Å². The van der Waals surface area contributed by atoms with Gasteiger partial charge in [0.1, 0.15) is 0 Å². The first-order valence-corrected chi connectivity index (χ1v) is 10.3. The van der Waals surface area contributed by atoms with E-state index in [0.717, 1.165) is 17.7 Å². The summed E-state index contributed by atoms with van der Waals surface area (Å²) >= 11 is 1.59. The van der Waals surface area contributed by atoms with E-state index in [1.165, 1.54) is 32.1 Å². The molecule has 1 aliphatic carbocycles. The second-order valence-corrected chi connectivity index (χ2v) is 7.80. The normalized spacial score (nSPS) is 20.0. The van der Waals surface area contributed by atoms with Crippen LogP contribution in [0.4, 0.5) is 0 Å². The third-order valence-electron chi connectivity index (χ3n) is 4.94. The first-order chi connectivity index (χ1) is 12.3. The lowest BCUT2D eigenvalue weighted by Crippen LogP contribution is -2.37. The molecule has 136 valence electrons. The monoisotopic (exact) mass is 361 g/mol. The summed E-state index contributed by atoms with van der Waals surface area (Å²) in [4.78, 5) is 17.6. The zero-order valence-corrected chi connectivity index (χ0v) is 15.7. The van der Waals surface area contributed by atoms with Gasteiger partial charge in [0.2, 0.25) is 17.6 Å². The second kappa shape index (κ2) is 9.13. The van der Waals surface area contributed by atoms with Crippen LogP contribution >= 0.6 is 11.3 Å². The molecule has 2 atom stereocenters. The van der Waals surface area contributed by atoms with Crippen molar-refractivity contribution in [3.63, 3.8) is 0 Å². The molecule has 1 saturated carbocycles. The minimum atomic E-state index is 0.159. The van der Waals surface area contributed by atoms with Crippen molar-refractivity contribution in [1.29, 1.82) is 0 Å². The van der Waals surface area contributed by atoms with Crippen LogP contribution in [-0.2, 0) is 11.2 Å². The van der Waals surface area contributed by atoms with E-state index in [0.29, 0.717) is 36.5 Å². The number of nitrogens with zero attached hydrogens (tertiary/aromatic N) is 2. The van der Waals surface area contributed by atoms with Crippen molar-refractivity contribution in [2.45, 2.75) is 70.8 Å². The number of unbranched alkanes of at least 4 members (excludes halogenated alkanes) is 1. The molecule has 0 radical (unpaired) electrons. The Balaban J connectivity index is 1.39. The molecule has 0 bridgehead atoms. The lowest BCUT2D eigenvalue weighted by atomic mass is 9.96. The zero-order valence-electron chi connectivity index (χ0n) is 14.9. The van der Waals surface area contributed by atoms with E-state index >= 15 is 0 Å². The Morgan fingerprint density at radius 3 is 3.12 bits per heavy atom. The number of thiophene rings is 1. The first-order valence-electron chi connectivity index (χ1n) is 9.42. The molecular weight excluding hydrogens is 334 g/mol. The minimum absolute atomic E-state index is 0.159. The minimum Gasteiger partial charge on any atom is -0.353 e. The summed E-state index contributed by atoms with van der Waals surface area (Å²) in [5.41, 5.74) is 0. The summed E-state index contributed by atoms with van der Waals surface area (Å²) in [6.07, 6.45) is 9.29. The largest absolute Gasteiger partial charge is 0.353 e. The average molecular weight is 362 g/mol. The molecule has 0 aromatic carbocycles. The standard InChI is InChI=1S/C19H27N3O2S/c1-2-3-7-14-8-4-9-15(14)20-17(23)11-5-12-18-21-19(22-24-18)16-10-6-13-25-16/h6,10,13-15H,2-5,7-9,11-12H2,1H3,(H,20,23). The van der Waals surface area contributed by atoms with Crippen LogP contribution in [0.3, 0.4) is 0 Å². The Labute approximate surface area is 153 Å². The summed E-state index contributed by atoms with van der Waals surface area (Å²) in [6, 6.07) is 4.33. The van der Waals surface area contributed by atoms with Gasteiger partial charge in [-0.25, -0.2) is 0 Å². The highest BCUT2D eigenvalue weighted by Gasteiger charge is 2.27. The fourth-order valence-corrected chi connectivity index (χ4v) is 4.23. The SMILES string of the molecule is CCCCC1CCCC1NC(=O)CCCc1nc(-c2cccs2)no1. The third kappa shape index (κ3) is 5.14. The second-order valence-electron chi connectivity index (χ2n) is 6.85. The van der Waals surface area contributed by atoms with E-state index < -0.39 is 0 Å². The molecule has 2 aromatic heterocycles. The van der Waals surface area contributed by atoms with Crippen molar-refractivity contribution >= 4 is 17.2 Å². The van der Waals surface area contributed by atoms with Gasteiger partial charge in [-0.1, -0.05) is 37.4 Å². The fraction of sp³-hybridized carbons (Fsp3) is 0.632. The predicted molar refractivity (Wildman–Crippen MR) is 99.3 cm³/mol. The van der Waals surface area contributed by atoms with E-state index in [-0.39, 0.29) is 5.91 Å². The number of aryl methyl sites for hydroxylation is 1. The molecule has 2 aromatic rings. The van der Waals surface area contributed by atoms with E-state index in [1.807, 2.05) is 17.5 Å². The van der Waals surface area contributed by atoms with Crippen molar-refractivity contribution in [2.75, 3.05) is 0 Å². The van der Waals surface area contributed by atoms with Crippen LogP contribution in [0.2, 0.25) is 0 Å². The van der Waals surface area contributed by atoms with Crippen LogP contribution in [0.1, 0.15) is 64.2 Å². The highest BCUT2D eigenvalue weighted by atomic mass is 32.1. The van der Waals surface area contributed by atoms with E-state index in [2.05, 4.69) is 22.4 Å². The number of carbonyl (C=O) groups excluding carboxylic acids is 1. The summed E-state index contributed by atoms with van der Waals surface area (Å²) < 4.78 is 5.28. The molecule has 0 spiro atoms. The first kappa shape index (κ1) is 18.1. The van der Waals surface area contributed by atoms with Crippen molar-refractivity contribution in [2.24, 2.45) is 5.92 Å². The van der Waals surface area contributed by atoms with Gasteiger partial charge in [-0.2, -0.15) is 4.98 Å². The van der Waals surface area contributed by atoms with Crippen molar-refractivity contribution < 1.29 is 9.32 Å². The molecule has 0 saturated heterocycles. The molecule has 1 aliphatic rings. The summed E-state index contributed by atoms with van der Waals surface area (Å²) in [5.74, 6) is 2.08. The zero-order chi connectivity index (χ0) is 17.5. The molecule has 1 fully saturated rings. The number of hydrogen-bond donors (Lipinski definition) is 1. The quantitative estimate of drug-likeness (QED) is 0.709.